The maximum absolute atomic E-state index is 12.3. The molecule has 1 aliphatic heterocycles. The van der Waals surface area contributed by atoms with Crippen molar-refractivity contribution in [1.82, 2.24) is 9.80 Å². The predicted molar refractivity (Wildman–Crippen MR) is 94.1 cm³/mol. The fourth-order valence-electron chi connectivity index (χ4n) is 3.07. The number of hydrogen-bond acceptors (Lipinski definition) is 4. The van der Waals surface area contributed by atoms with Crippen LogP contribution in [-0.4, -0.2) is 72.1 Å². The number of nitrogens with zero attached hydrogens (tertiary/aromatic N) is 2. The monoisotopic (exact) mass is 356 g/mol. The van der Waals surface area contributed by atoms with E-state index in [0.717, 1.165) is 6.42 Å². The van der Waals surface area contributed by atoms with Crippen LogP contribution in [0.5, 0.6) is 0 Å². The molecule has 1 aliphatic rings. The van der Waals surface area contributed by atoms with Gasteiger partial charge in [0.05, 0.1) is 31.6 Å². The summed E-state index contributed by atoms with van der Waals surface area (Å²) in [6, 6.07) is 0. The molecule has 0 bridgehead atoms. The molecule has 1 N–H and O–H groups in total. The molecular formula is C18H32N2O5. The number of likely N-dealkylation sites (N-methyl/N-ethyl adjacent to an activating group) is 1. The standard InChI is InChI=1S/C18H32N2O5/c1-13(2)10-14(3)25-9-7-16(21)19(4)12-17(22)20-8-5-6-15(11-20)18(23)24/h13-15H,5-12H2,1-4H3,(H,23,24). The molecule has 1 heterocycles. The lowest BCUT2D eigenvalue weighted by molar-refractivity contribution is -0.147. The molecule has 1 fully saturated rings. The maximum Gasteiger partial charge on any atom is 0.308 e. The number of carboxylic acids is 1. The number of carboxylic acid groups (broad SMARTS) is 1. The zero-order valence-corrected chi connectivity index (χ0v) is 15.9. The van der Waals surface area contributed by atoms with E-state index in [1.54, 1.807) is 11.9 Å². The van der Waals surface area contributed by atoms with Crippen LogP contribution in [0.25, 0.3) is 0 Å². The van der Waals surface area contributed by atoms with Crippen molar-refractivity contribution in [3.63, 3.8) is 0 Å². The number of carbonyl (C=O) groups excluding carboxylic acids is 2. The van der Waals surface area contributed by atoms with Gasteiger partial charge in [0.1, 0.15) is 0 Å². The third kappa shape index (κ3) is 7.86. The molecule has 0 spiro atoms. The van der Waals surface area contributed by atoms with Gasteiger partial charge in [0, 0.05) is 20.1 Å². The molecule has 1 rings (SSSR count). The van der Waals surface area contributed by atoms with Crippen LogP contribution < -0.4 is 0 Å². The zero-order chi connectivity index (χ0) is 19.0. The molecule has 0 aromatic carbocycles. The number of carbonyl (C=O) groups is 3. The number of amides is 2. The summed E-state index contributed by atoms with van der Waals surface area (Å²) in [7, 11) is 1.59. The summed E-state index contributed by atoms with van der Waals surface area (Å²) in [5.74, 6) is -1.16. The van der Waals surface area contributed by atoms with E-state index in [2.05, 4.69) is 13.8 Å². The molecule has 0 saturated carbocycles. The van der Waals surface area contributed by atoms with E-state index < -0.39 is 11.9 Å². The maximum atomic E-state index is 12.3. The zero-order valence-electron chi connectivity index (χ0n) is 15.9. The third-order valence-electron chi connectivity index (χ3n) is 4.44. The van der Waals surface area contributed by atoms with Gasteiger partial charge in [0.15, 0.2) is 0 Å². The molecule has 144 valence electrons. The number of rotatable bonds is 9. The molecule has 0 radical (unpaired) electrons. The van der Waals surface area contributed by atoms with Crippen LogP contribution in [0.15, 0.2) is 0 Å². The first-order valence-corrected chi connectivity index (χ1v) is 9.06. The first kappa shape index (κ1) is 21.4. The average molecular weight is 356 g/mol. The van der Waals surface area contributed by atoms with Crippen LogP contribution in [0.1, 0.15) is 46.5 Å². The van der Waals surface area contributed by atoms with Gasteiger partial charge in [-0.2, -0.15) is 0 Å². The fraction of sp³-hybridized carbons (Fsp3) is 0.833. The summed E-state index contributed by atoms with van der Waals surface area (Å²) < 4.78 is 5.63. The minimum atomic E-state index is -0.866. The van der Waals surface area contributed by atoms with Gasteiger partial charge < -0.3 is 19.6 Å². The van der Waals surface area contributed by atoms with Crippen LogP contribution in [0.4, 0.5) is 0 Å². The van der Waals surface area contributed by atoms with E-state index in [9.17, 15) is 14.4 Å². The van der Waals surface area contributed by atoms with Crippen molar-refractivity contribution in [3.8, 4) is 0 Å². The highest BCUT2D eigenvalue weighted by Crippen LogP contribution is 2.17. The average Bonchev–Trinajstić information content (AvgIpc) is 2.53. The van der Waals surface area contributed by atoms with Crippen molar-refractivity contribution < 1.29 is 24.2 Å². The molecule has 7 heteroatoms. The Hall–Kier alpha value is -1.63. The van der Waals surface area contributed by atoms with E-state index in [-0.39, 0.29) is 37.4 Å². The molecule has 1 saturated heterocycles. The van der Waals surface area contributed by atoms with Gasteiger partial charge in [-0.1, -0.05) is 13.8 Å². The SMILES string of the molecule is CC(C)CC(C)OCCC(=O)N(C)CC(=O)N1CCCC(C(=O)O)C1. The molecular weight excluding hydrogens is 324 g/mol. The summed E-state index contributed by atoms with van der Waals surface area (Å²) >= 11 is 0. The second-order valence-electron chi connectivity index (χ2n) is 7.33. The second kappa shape index (κ2) is 10.4. The Balaban J connectivity index is 2.34. The van der Waals surface area contributed by atoms with Crippen LogP contribution in [0, 0.1) is 11.8 Å². The summed E-state index contributed by atoms with van der Waals surface area (Å²) in [6.07, 6.45) is 2.58. The number of ether oxygens (including phenoxy) is 1. The Morgan fingerprint density at radius 2 is 1.96 bits per heavy atom. The van der Waals surface area contributed by atoms with E-state index >= 15 is 0 Å². The first-order valence-electron chi connectivity index (χ1n) is 9.06. The number of aliphatic carboxylic acids is 1. The molecule has 25 heavy (non-hydrogen) atoms. The minimum Gasteiger partial charge on any atom is -0.481 e. The topological polar surface area (TPSA) is 87.2 Å². The highest BCUT2D eigenvalue weighted by Gasteiger charge is 2.28. The number of hydrogen-bond donors (Lipinski definition) is 1. The van der Waals surface area contributed by atoms with Crippen LogP contribution in [0.3, 0.4) is 0 Å². The van der Waals surface area contributed by atoms with E-state index in [4.69, 9.17) is 9.84 Å². The minimum absolute atomic E-state index is 0.0211. The Morgan fingerprint density at radius 3 is 2.56 bits per heavy atom. The van der Waals surface area contributed by atoms with Crippen LogP contribution in [0.2, 0.25) is 0 Å². The highest BCUT2D eigenvalue weighted by atomic mass is 16.5. The third-order valence-corrected chi connectivity index (χ3v) is 4.44. The van der Waals surface area contributed by atoms with Gasteiger partial charge in [-0.25, -0.2) is 0 Å². The summed E-state index contributed by atoms with van der Waals surface area (Å²) in [4.78, 5) is 38.4. The molecule has 2 unspecified atom stereocenters. The second-order valence-corrected chi connectivity index (χ2v) is 7.33. The first-order chi connectivity index (χ1) is 11.7. The Bertz CT molecular complexity index is 466. The lowest BCUT2D eigenvalue weighted by Gasteiger charge is -2.32. The molecule has 0 aromatic heterocycles. The predicted octanol–water partition coefficient (Wildman–Crippen LogP) is 1.61. The lowest BCUT2D eigenvalue weighted by Crippen LogP contribution is -2.47. The van der Waals surface area contributed by atoms with Crippen molar-refractivity contribution in [2.45, 2.75) is 52.6 Å². The number of likely N-dealkylation sites (tertiary alicyclic amines) is 1. The van der Waals surface area contributed by atoms with Crippen molar-refractivity contribution in [2.24, 2.45) is 11.8 Å². The Labute approximate surface area is 150 Å². The van der Waals surface area contributed by atoms with Gasteiger partial charge in [0.25, 0.3) is 0 Å². The highest BCUT2D eigenvalue weighted by molar-refractivity contribution is 5.85. The van der Waals surface area contributed by atoms with Gasteiger partial charge in [-0.05, 0) is 32.1 Å². The quantitative estimate of drug-likeness (QED) is 0.678. The van der Waals surface area contributed by atoms with Crippen molar-refractivity contribution in [1.29, 1.82) is 0 Å². The Morgan fingerprint density at radius 1 is 1.28 bits per heavy atom. The van der Waals surface area contributed by atoms with E-state index in [1.807, 2.05) is 6.92 Å². The Kier molecular flexibility index (Phi) is 8.89. The van der Waals surface area contributed by atoms with Crippen molar-refractivity contribution >= 4 is 17.8 Å². The van der Waals surface area contributed by atoms with E-state index in [0.29, 0.717) is 31.9 Å². The molecule has 2 atom stereocenters. The molecule has 0 aromatic rings. The van der Waals surface area contributed by atoms with E-state index in [1.165, 1.54) is 4.90 Å². The van der Waals surface area contributed by atoms with Crippen molar-refractivity contribution in [3.05, 3.63) is 0 Å². The molecule has 7 nitrogen and oxygen atoms in total. The smallest absolute Gasteiger partial charge is 0.308 e. The summed E-state index contributed by atoms with van der Waals surface area (Å²) in [5.41, 5.74) is 0. The normalized spacial score (nSPS) is 18.9. The van der Waals surface area contributed by atoms with Crippen molar-refractivity contribution in [2.75, 3.05) is 33.3 Å². The number of piperidine rings is 1. The van der Waals surface area contributed by atoms with Gasteiger partial charge >= 0.3 is 5.97 Å². The van der Waals surface area contributed by atoms with Crippen LogP contribution in [-0.2, 0) is 19.1 Å². The fourth-order valence-corrected chi connectivity index (χ4v) is 3.07. The van der Waals surface area contributed by atoms with Gasteiger partial charge in [-0.3, -0.25) is 14.4 Å². The van der Waals surface area contributed by atoms with Gasteiger partial charge in [-0.15, -0.1) is 0 Å². The summed E-state index contributed by atoms with van der Waals surface area (Å²) in [5, 5.41) is 9.09. The van der Waals surface area contributed by atoms with Gasteiger partial charge in [0.2, 0.25) is 11.8 Å². The largest absolute Gasteiger partial charge is 0.481 e. The van der Waals surface area contributed by atoms with Crippen LogP contribution >= 0.6 is 0 Å². The molecule has 2 amide bonds. The lowest BCUT2D eigenvalue weighted by atomic mass is 9.98. The summed E-state index contributed by atoms with van der Waals surface area (Å²) in [6.45, 7) is 7.35. The molecule has 0 aliphatic carbocycles.